The summed E-state index contributed by atoms with van der Waals surface area (Å²) in [5.74, 6) is 0.723. The van der Waals surface area contributed by atoms with E-state index in [0.717, 1.165) is 16.3 Å². The molecule has 22 heavy (non-hydrogen) atoms. The van der Waals surface area contributed by atoms with Crippen LogP contribution in [0.25, 0.3) is 0 Å². The fourth-order valence-corrected chi connectivity index (χ4v) is 3.23. The van der Waals surface area contributed by atoms with Crippen molar-refractivity contribution in [3.05, 3.63) is 70.7 Å². The molecule has 1 atom stereocenters. The number of amides is 1. The van der Waals surface area contributed by atoms with Gasteiger partial charge in [-0.2, -0.15) is 5.10 Å². The van der Waals surface area contributed by atoms with E-state index >= 15 is 0 Å². The van der Waals surface area contributed by atoms with Gasteiger partial charge in [0.2, 0.25) is 0 Å². The van der Waals surface area contributed by atoms with Crippen molar-refractivity contribution < 1.29 is 13.6 Å². The van der Waals surface area contributed by atoms with Gasteiger partial charge in [-0.25, -0.2) is 5.01 Å². The quantitative estimate of drug-likeness (QED) is 0.736. The van der Waals surface area contributed by atoms with Crippen LogP contribution in [0.2, 0.25) is 0 Å². The first kappa shape index (κ1) is 13.1. The van der Waals surface area contributed by atoms with Gasteiger partial charge in [0.25, 0.3) is 0 Å². The fourth-order valence-electron chi connectivity index (χ4n) is 2.50. The number of thiophene rings is 1. The van der Waals surface area contributed by atoms with Crippen LogP contribution in [0.15, 0.2) is 68.2 Å². The van der Waals surface area contributed by atoms with E-state index in [9.17, 15) is 4.79 Å². The van der Waals surface area contributed by atoms with E-state index in [1.54, 1.807) is 29.7 Å². The van der Waals surface area contributed by atoms with Gasteiger partial charge in [-0.15, -0.1) is 11.3 Å². The summed E-state index contributed by atoms with van der Waals surface area (Å²) in [4.78, 5) is 13.7. The molecular weight excluding hydrogens is 300 g/mol. The molecule has 0 aliphatic carbocycles. The predicted molar refractivity (Wildman–Crippen MR) is 81.8 cm³/mol. The number of carbonyl (C=O) groups excluding carboxylic acids is 1. The highest BCUT2D eigenvalue weighted by Crippen LogP contribution is 2.35. The second-order valence-electron chi connectivity index (χ2n) is 4.89. The minimum absolute atomic E-state index is 0.246. The highest BCUT2D eigenvalue weighted by atomic mass is 32.1. The normalized spacial score (nSPS) is 17.7. The third-order valence-corrected chi connectivity index (χ3v) is 4.45. The van der Waals surface area contributed by atoms with Crippen LogP contribution in [-0.2, 0) is 0 Å². The van der Waals surface area contributed by atoms with Crippen molar-refractivity contribution in [1.82, 2.24) is 5.01 Å². The Labute approximate surface area is 130 Å². The molecule has 1 aliphatic heterocycles. The van der Waals surface area contributed by atoms with Crippen LogP contribution in [0, 0.1) is 0 Å². The van der Waals surface area contributed by atoms with Crippen molar-refractivity contribution in [2.24, 2.45) is 5.10 Å². The van der Waals surface area contributed by atoms with Crippen LogP contribution in [0.3, 0.4) is 0 Å². The third-order valence-electron chi connectivity index (χ3n) is 3.53. The van der Waals surface area contributed by atoms with Crippen LogP contribution in [0.5, 0.6) is 0 Å². The third kappa shape index (κ3) is 2.17. The molecule has 0 spiro atoms. The van der Waals surface area contributed by atoms with E-state index in [1.807, 2.05) is 29.6 Å². The Morgan fingerprint density at radius 2 is 2.05 bits per heavy atom. The number of rotatable bonds is 3. The standard InChI is InChI=1S/C16H12N2O3S/c19-16(14-5-2-8-21-14)18-12(13-4-1-7-20-13)10-11(17-18)15-6-3-9-22-15/h1-9,12H,10H2/t12-/m0/s1. The smallest absolute Gasteiger partial charge is 0.310 e. The number of hydrogen-bond donors (Lipinski definition) is 0. The number of hydrazone groups is 1. The van der Waals surface area contributed by atoms with E-state index in [1.165, 1.54) is 11.3 Å². The number of hydrogen-bond acceptors (Lipinski definition) is 5. The average molecular weight is 312 g/mol. The molecule has 3 aromatic rings. The summed E-state index contributed by atoms with van der Waals surface area (Å²) >= 11 is 1.61. The Bertz CT molecular complexity index is 789. The van der Waals surface area contributed by atoms with Gasteiger partial charge in [0.05, 0.1) is 23.1 Å². The maximum atomic E-state index is 12.6. The first-order valence-electron chi connectivity index (χ1n) is 6.85. The summed E-state index contributed by atoms with van der Waals surface area (Å²) in [6.45, 7) is 0. The number of furan rings is 2. The van der Waals surface area contributed by atoms with Crippen LogP contribution >= 0.6 is 11.3 Å². The Hall–Kier alpha value is -2.60. The van der Waals surface area contributed by atoms with Crippen molar-refractivity contribution in [3.8, 4) is 0 Å². The highest BCUT2D eigenvalue weighted by molar-refractivity contribution is 7.12. The van der Waals surface area contributed by atoms with Gasteiger partial charge in [-0.1, -0.05) is 6.07 Å². The lowest BCUT2D eigenvalue weighted by Crippen LogP contribution is -2.26. The second kappa shape index (κ2) is 5.31. The van der Waals surface area contributed by atoms with Crippen molar-refractivity contribution >= 4 is 23.0 Å². The first-order valence-corrected chi connectivity index (χ1v) is 7.73. The van der Waals surface area contributed by atoms with Crippen molar-refractivity contribution in [2.75, 3.05) is 0 Å². The molecule has 0 bridgehead atoms. The summed E-state index contributed by atoms with van der Waals surface area (Å²) in [6.07, 6.45) is 3.71. The molecule has 0 radical (unpaired) electrons. The van der Waals surface area contributed by atoms with Crippen molar-refractivity contribution in [3.63, 3.8) is 0 Å². The molecule has 5 nitrogen and oxygen atoms in total. The molecule has 0 aromatic carbocycles. The van der Waals surface area contributed by atoms with Gasteiger partial charge in [-0.05, 0) is 35.7 Å². The molecule has 1 aliphatic rings. The zero-order valence-electron chi connectivity index (χ0n) is 11.5. The van der Waals surface area contributed by atoms with Crippen LogP contribution in [-0.4, -0.2) is 16.6 Å². The Morgan fingerprint density at radius 3 is 2.73 bits per heavy atom. The monoisotopic (exact) mass is 312 g/mol. The number of nitrogens with zero attached hydrogens (tertiary/aromatic N) is 2. The van der Waals surface area contributed by atoms with E-state index in [0.29, 0.717) is 6.42 Å². The molecule has 0 saturated heterocycles. The molecule has 6 heteroatoms. The molecule has 0 fully saturated rings. The highest BCUT2D eigenvalue weighted by Gasteiger charge is 2.36. The van der Waals surface area contributed by atoms with E-state index in [-0.39, 0.29) is 17.7 Å². The lowest BCUT2D eigenvalue weighted by atomic mass is 10.1. The van der Waals surface area contributed by atoms with Crippen LogP contribution in [0.1, 0.15) is 33.7 Å². The zero-order chi connectivity index (χ0) is 14.9. The van der Waals surface area contributed by atoms with E-state index in [2.05, 4.69) is 5.10 Å². The van der Waals surface area contributed by atoms with Crippen LogP contribution < -0.4 is 0 Å². The molecule has 1 amide bonds. The topological polar surface area (TPSA) is 59.0 Å². The van der Waals surface area contributed by atoms with E-state index < -0.39 is 0 Å². The molecule has 0 saturated carbocycles. The molecule has 4 heterocycles. The summed E-state index contributed by atoms with van der Waals surface area (Å²) in [5.41, 5.74) is 0.885. The van der Waals surface area contributed by atoms with Crippen LogP contribution in [0.4, 0.5) is 0 Å². The lowest BCUT2D eigenvalue weighted by molar-refractivity contribution is 0.0660. The first-order chi connectivity index (χ1) is 10.8. The molecule has 0 unspecified atom stereocenters. The second-order valence-corrected chi connectivity index (χ2v) is 5.83. The SMILES string of the molecule is O=C(c1ccco1)N1N=C(c2cccs2)C[C@H]1c1ccco1. The number of carbonyl (C=O) groups is 1. The Morgan fingerprint density at radius 1 is 1.18 bits per heavy atom. The molecule has 4 rings (SSSR count). The van der Waals surface area contributed by atoms with Gasteiger partial charge in [0, 0.05) is 6.42 Å². The van der Waals surface area contributed by atoms with Gasteiger partial charge in [-0.3, -0.25) is 4.79 Å². The largest absolute Gasteiger partial charge is 0.467 e. The van der Waals surface area contributed by atoms with Gasteiger partial charge in [0.15, 0.2) is 5.76 Å². The van der Waals surface area contributed by atoms with Crippen molar-refractivity contribution in [1.29, 1.82) is 0 Å². The van der Waals surface area contributed by atoms with Gasteiger partial charge < -0.3 is 8.83 Å². The fraction of sp³-hybridized carbons (Fsp3) is 0.125. The zero-order valence-corrected chi connectivity index (χ0v) is 12.3. The summed E-state index contributed by atoms with van der Waals surface area (Å²) in [6, 6.07) is 10.7. The molecule has 0 N–H and O–H groups in total. The minimum atomic E-state index is -0.266. The van der Waals surface area contributed by atoms with Gasteiger partial charge in [0.1, 0.15) is 11.8 Å². The predicted octanol–water partition coefficient (Wildman–Crippen LogP) is 3.93. The molecular formula is C16H12N2O3S. The summed E-state index contributed by atoms with van der Waals surface area (Å²) < 4.78 is 10.7. The van der Waals surface area contributed by atoms with Gasteiger partial charge >= 0.3 is 5.91 Å². The average Bonchev–Trinajstić information content (AvgIpc) is 3.35. The van der Waals surface area contributed by atoms with Crippen molar-refractivity contribution in [2.45, 2.75) is 12.5 Å². The Kier molecular flexibility index (Phi) is 3.16. The van der Waals surface area contributed by atoms with E-state index in [4.69, 9.17) is 8.83 Å². The lowest BCUT2D eigenvalue weighted by Gasteiger charge is -2.18. The molecule has 110 valence electrons. The molecule has 3 aromatic heterocycles. The summed E-state index contributed by atoms with van der Waals surface area (Å²) in [7, 11) is 0. The summed E-state index contributed by atoms with van der Waals surface area (Å²) in [5, 5.41) is 7.96. The minimum Gasteiger partial charge on any atom is -0.467 e. The maximum absolute atomic E-state index is 12.6. The maximum Gasteiger partial charge on any atom is 0.310 e. The Balaban J connectivity index is 1.71.